The van der Waals surface area contributed by atoms with Gasteiger partial charge in [-0.25, -0.2) is 9.59 Å². The molecule has 0 saturated heterocycles. The first-order chi connectivity index (χ1) is 10.1. The first-order valence-electron chi connectivity index (χ1n) is 7.13. The van der Waals surface area contributed by atoms with Gasteiger partial charge in [-0.15, -0.1) is 0 Å². The number of benzene rings is 1. The van der Waals surface area contributed by atoms with Gasteiger partial charge in [0.15, 0.2) is 0 Å². The third-order valence-electron chi connectivity index (χ3n) is 3.44. The van der Waals surface area contributed by atoms with E-state index in [-0.39, 0.29) is 6.04 Å². The zero-order valence-corrected chi connectivity index (χ0v) is 12.0. The highest BCUT2D eigenvalue weighted by atomic mass is 16.5. The van der Waals surface area contributed by atoms with Crippen molar-refractivity contribution in [2.24, 2.45) is 0 Å². The van der Waals surface area contributed by atoms with Crippen LogP contribution in [-0.4, -0.2) is 29.8 Å². The van der Waals surface area contributed by atoms with E-state index in [1.807, 2.05) is 31.2 Å². The van der Waals surface area contributed by atoms with Crippen LogP contribution in [0.3, 0.4) is 0 Å². The van der Waals surface area contributed by atoms with Crippen molar-refractivity contribution >= 4 is 12.0 Å². The maximum absolute atomic E-state index is 12.0. The smallest absolute Gasteiger partial charge is 0.326 e. The molecule has 0 bridgehead atoms. The van der Waals surface area contributed by atoms with Crippen LogP contribution in [0, 0.1) is 0 Å². The molecule has 2 atom stereocenters. The van der Waals surface area contributed by atoms with Crippen molar-refractivity contribution < 1.29 is 19.4 Å². The van der Waals surface area contributed by atoms with Crippen molar-refractivity contribution in [2.75, 3.05) is 6.61 Å². The number of para-hydroxylation sites is 1. The summed E-state index contributed by atoms with van der Waals surface area (Å²) in [5.41, 5.74) is 0.918. The van der Waals surface area contributed by atoms with Gasteiger partial charge in [-0.2, -0.15) is 0 Å². The summed E-state index contributed by atoms with van der Waals surface area (Å²) in [5.74, 6) is -0.253. The van der Waals surface area contributed by atoms with Crippen molar-refractivity contribution in [3.8, 4) is 5.75 Å². The predicted octanol–water partition coefficient (Wildman–Crippen LogP) is 2.06. The molecule has 0 fully saturated rings. The highest BCUT2D eigenvalue weighted by Crippen LogP contribution is 2.31. The van der Waals surface area contributed by atoms with E-state index in [0.717, 1.165) is 11.3 Å². The summed E-state index contributed by atoms with van der Waals surface area (Å²) in [6.45, 7) is 2.41. The molecule has 1 aliphatic rings. The topological polar surface area (TPSA) is 87.7 Å². The van der Waals surface area contributed by atoms with Crippen LogP contribution >= 0.6 is 0 Å². The van der Waals surface area contributed by atoms with E-state index in [0.29, 0.717) is 25.9 Å². The van der Waals surface area contributed by atoms with Gasteiger partial charge in [-0.3, -0.25) is 0 Å². The molecule has 114 valence electrons. The Labute approximate surface area is 123 Å². The van der Waals surface area contributed by atoms with Crippen LogP contribution in [0.15, 0.2) is 24.3 Å². The second kappa shape index (κ2) is 6.97. The molecule has 3 N–H and O–H groups in total. The quantitative estimate of drug-likeness (QED) is 0.775. The first kappa shape index (κ1) is 15.2. The molecular formula is C15H20N2O4. The van der Waals surface area contributed by atoms with Crippen molar-refractivity contribution in [1.29, 1.82) is 0 Å². The highest BCUT2D eigenvalue weighted by Gasteiger charge is 2.24. The maximum atomic E-state index is 12.0. The molecule has 6 nitrogen and oxygen atoms in total. The number of carboxylic acids is 1. The third-order valence-corrected chi connectivity index (χ3v) is 3.44. The lowest BCUT2D eigenvalue weighted by molar-refractivity contribution is -0.139. The summed E-state index contributed by atoms with van der Waals surface area (Å²) >= 11 is 0. The number of aliphatic carboxylic acids is 1. The van der Waals surface area contributed by atoms with Crippen molar-refractivity contribution in [2.45, 2.75) is 38.3 Å². The van der Waals surface area contributed by atoms with Crippen LogP contribution in [0.2, 0.25) is 0 Å². The molecule has 2 amide bonds. The average molecular weight is 292 g/mol. The normalized spacial score (nSPS) is 18.0. The number of urea groups is 1. The van der Waals surface area contributed by atoms with Gasteiger partial charge < -0.3 is 20.5 Å². The number of amides is 2. The van der Waals surface area contributed by atoms with Gasteiger partial charge in [0.2, 0.25) is 0 Å². The van der Waals surface area contributed by atoms with Crippen LogP contribution in [0.4, 0.5) is 4.79 Å². The molecule has 0 aromatic heterocycles. The molecule has 0 aliphatic carbocycles. The molecular weight excluding hydrogens is 272 g/mol. The van der Waals surface area contributed by atoms with Crippen molar-refractivity contribution in [3.05, 3.63) is 29.8 Å². The van der Waals surface area contributed by atoms with E-state index in [1.54, 1.807) is 0 Å². The largest absolute Gasteiger partial charge is 0.493 e. The van der Waals surface area contributed by atoms with Gasteiger partial charge in [-0.05, 0) is 12.5 Å². The molecule has 0 saturated carbocycles. The average Bonchev–Trinajstić information content (AvgIpc) is 2.47. The summed E-state index contributed by atoms with van der Waals surface area (Å²) in [7, 11) is 0. The fourth-order valence-corrected chi connectivity index (χ4v) is 2.40. The van der Waals surface area contributed by atoms with Gasteiger partial charge in [0.25, 0.3) is 0 Å². The Morgan fingerprint density at radius 1 is 1.43 bits per heavy atom. The van der Waals surface area contributed by atoms with Crippen LogP contribution in [0.1, 0.15) is 37.8 Å². The first-order valence-corrected chi connectivity index (χ1v) is 7.13. The second-order valence-electron chi connectivity index (χ2n) is 5.02. The van der Waals surface area contributed by atoms with Crippen LogP contribution in [0.25, 0.3) is 0 Å². The minimum atomic E-state index is -1.01. The SMILES string of the molecule is CCC[C@H](NC(=O)NC1CCOc2ccccc21)C(=O)O. The lowest BCUT2D eigenvalue weighted by Crippen LogP contribution is -2.47. The fourth-order valence-electron chi connectivity index (χ4n) is 2.40. The zero-order chi connectivity index (χ0) is 15.2. The number of carbonyl (C=O) groups is 2. The zero-order valence-electron chi connectivity index (χ0n) is 12.0. The summed E-state index contributed by atoms with van der Waals surface area (Å²) in [6.07, 6.45) is 1.76. The minimum absolute atomic E-state index is 0.161. The number of hydrogen-bond donors (Lipinski definition) is 3. The number of carbonyl (C=O) groups excluding carboxylic acids is 1. The fraction of sp³-hybridized carbons (Fsp3) is 0.467. The molecule has 2 rings (SSSR count). The molecule has 1 unspecified atom stereocenters. The van der Waals surface area contributed by atoms with Gasteiger partial charge >= 0.3 is 12.0 Å². The second-order valence-corrected chi connectivity index (χ2v) is 5.02. The van der Waals surface area contributed by atoms with Crippen LogP contribution in [-0.2, 0) is 4.79 Å². The Kier molecular flexibility index (Phi) is 5.03. The summed E-state index contributed by atoms with van der Waals surface area (Å²) in [5, 5.41) is 14.4. The Bertz CT molecular complexity index is 518. The van der Waals surface area contributed by atoms with Gasteiger partial charge in [0.05, 0.1) is 12.6 Å². The molecule has 1 aromatic rings. The van der Waals surface area contributed by atoms with Crippen LogP contribution < -0.4 is 15.4 Å². The Balaban J connectivity index is 1.99. The van der Waals surface area contributed by atoms with Gasteiger partial charge in [0.1, 0.15) is 11.8 Å². The number of rotatable bonds is 5. The number of fused-ring (bicyclic) bond motifs is 1. The number of carboxylic acid groups (broad SMARTS) is 1. The number of ether oxygens (including phenoxy) is 1. The Hall–Kier alpha value is -2.24. The van der Waals surface area contributed by atoms with E-state index >= 15 is 0 Å². The monoisotopic (exact) mass is 292 g/mol. The van der Waals surface area contributed by atoms with E-state index in [4.69, 9.17) is 9.84 Å². The molecule has 1 heterocycles. The van der Waals surface area contributed by atoms with E-state index in [9.17, 15) is 9.59 Å². The molecule has 1 aromatic carbocycles. The Morgan fingerprint density at radius 3 is 2.90 bits per heavy atom. The molecule has 0 radical (unpaired) electrons. The maximum Gasteiger partial charge on any atom is 0.326 e. The van der Waals surface area contributed by atoms with Crippen LogP contribution in [0.5, 0.6) is 5.75 Å². The van der Waals surface area contributed by atoms with E-state index in [2.05, 4.69) is 10.6 Å². The lowest BCUT2D eigenvalue weighted by atomic mass is 10.0. The van der Waals surface area contributed by atoms with Crippen molar-refractivity contribution in [1.82, 2.24) is 10.6 Å². The standard InChI is InChI=1S/C15H20N2O4/c1-2-5-12(14(18)19)17-15(20)16-11-8-9-21-13-7-4-3-6-10(11)13/h3-4,6-7,11-12H,2,5,8-9H2,1H3,(H,18,19)(H2,16,17,20)/t11?,12-/m0/s1. The van der Waals surface area contributed by atoms with E-state index in [1.165, 1.54) is 0 Å². The van der Waals surface area contributed by atoms with Gasteiger partial charge in [0, 0.05) is 12.0 Å². The molecule has 6 heteroatoms. The predicted molar refractivity (Wildman–Crippen MR) is 77.3 cm³/mol. The highest BCUT2D eigenvalue weighted by molar-refractivity contribution is 5.82. The van der Waals surface area contributed by atoms with E-state index < -0.39 is 18.0 Å². The van der Waals surface area contributed by atoms with Gasteiger partial charge in [-0.1, -0.05) is 31.5 Å². The molecule has 0 spiro atoms. The summed E-state index contributed by atoms with van der Waals surface area (Å²) in [4.78, 5) is 23.0. The van der Waals surface area contributed by atoms with Crippen molar-refractivity contribution in [3.63, 3.8) is 0 Å². The number of hydrogen-bond acceptors (Lipinski definition) is 3. The number of nitrogens with one attached hydrogen (secondary N) is 2. The summed E-state index contributed by atoms with van der Waals surface area (Å²) in [6, 6.07) is 6.05. The summed E-state index contributed by atoms with van der Waals surface area (Å²) < 4.78 is 5.53. The minimum Gasteiger partial charge on any atom is -0.493 e. The molecule has 21 heavy (non-hydrogen) atoms. The lowest BCUT2D eigenvalue weighted by Gasteiger charge is -2.27. The Morgan fingerprint density at radius 2 is 2.19 bits per heavy atom. The molecule has 1 aliphatic heterocycles. The third kappa shape index (κ3) is 3.87.